The molecule has 0 aliphatic rings. The van der Waals surface area contributed by atoms with Crippen LogP contribution in [0.15, 0.2) is 62.6 Å². The van der Waals surface area contributed by atoms with Gasteiger partial charge in [0, 0.05) is 16.5 Å². The second kappa shape index (κ2) is 6.24. The van der Waals surface area contributed by atoms with Gasteiger partial charge in [-0.3, -0.25) is 9.27 Å². The topological polar surface area (TPSA) is 131 Å². The van der Waals surface area contributed by atoms with Gasteiger partial charge in [-0.25, -0.2) is 13.2 Å². The molecular weight excluding hydrogens is 382 g/mol. The van der Waals surface area contributed by atoms with Gasteiger partial charge in [-0.1, -0.05) is 36.4 Å². The molecule has 136 valence electrons. The molecule has 0 aliphatic heterocycles. The summed E-state index contributed by atoms with van der Waals surface area (Å²) in [6.07, 6.45) is 0.898. The molecule has 2 N–H and O–H groups in total. The summed E-state index contributed by atoms with van der Waals surface area (Å²) in [5.74, 6) is 0. The standard InChI is InChI=1S/C16H13NO7S2/c1-25(19,20)17-13-9-10-5-4-7-12(15(10)24-16(13)18)11-6-2-3-8-14(11)26(21,22)23/h2-9,17H,1H3,(H,21,22,23). The highest BCUT2D eigenvalue weighted by atomic mass is 32.2. The minimum Gasteiger partial charge on any atom is -0.421 e. The third-order valence-electron chi connectivity index (χ3n) is 3.51. The van der Waals surface area contributed by atoms with Crippen molar-refractivity contribution in [1.82, 2.24) is 0 Å². The zero-order chi connectivity index (χ0) is 19.1. The molecule has 0 fully saturated rings. The SMILES string of the molecule is CS(=O)(=O)Nc1cc2cccc(-c3ccccc3S(=O)(=O)O)c2oc1=O. The molecule has 1 aromatic heterocycles. The summed E-state index contributed by atoms with van der Waals surface area (Å²) in [6, 6.07) is 11.7. The lowest BCUT2D eigenvalue weighted by molar-refractivity contribution is 0.483. The number of hydrogen-bond donors (Lipinski definition) is 2. The number of sulfonamides is 1. The van der Waals surface area contributed by atoms with E-state index in [9.17, 15) is 26.2 Å². The smallest absolute Gasteiger partial charge is 0.360 e. The Hall–Kier alpha value is -2.69. The Morgan fingerprint density at radius 1 is 0.962 bits per heavy atom. The largest absolute Gasteiger partial charge is 0.421 e. The average Bonchev–Trinajstić information content (AvgIpc) is 2.53. The highest BCUT2D eigenvalue weighted by Gasteiger charge is 2.19. The maximum absolute atomic E-state index is 12.1. The Kier molecular flexibility index (Phi) is 4.34. The van der Waals surface area contributed by atoms with Crippen LogP contribution < -0.4 is 10.3 Å². The van der Waals surface area contributed by atoms with E-state index in [1.54, 1.807) is 18.2 Å². The Balaban J connectivity index is 2.31. The van der Waals surface area contributed by atoms with Crippen molar-refractivity contribution in [3.05, 3.63) is 59.0 Å². The highest BCUT2D eigenvalue weighted by molar-refractivity contribution is 7.92. The Bertz CT molecular complexity index is 1280. The quantitative estimate of drug-likeness (QED) is 0.511. The van der Waals surface area contributed by atoms with Gasteiger partial charge in [0.15, 0.2) is 0 Å². The van der Waals surface area contributed by atoms with E-state index in [1.807, 2.05) is 0 Å². The lowest BCUT2D eigenvalue weighted by Crippen LogP contribution is -2.16. The van der Waals surface area contributed by atoms with Gasteiger partial charge in [0.25, 0.3) is 10.1 Å². The first-order valence-corrected chi connectivity index (χ1v) is 10.5. The van der Waals surface area contributed by atoms with Gasteiger partial charge in [0.2, 0.25) is 10.0 Å². The summed E-state index contributed by atoms with van der Waals surface area (Å²) in [5.41, 5.74) is -0.723. The van der Waals surface area contributed by atoms with E-state index in [0.717, 1.165) is 6.26 Å². The summed E-state index contributed by atoms with van der Waals surface area (Å²) >= 11 is 0. The van der Waals surface area contributed by atoms with Gasteiger partial charge in [-0.2, -0.15) is 8.42 Å². The molecule has 0 bridgehead atoms. The monoisotopic (exact) mass is 395 g/mol. The number of benzene rings is 2. The summed E-state index contributed by atoms with van der Waals surface area (Å²) in [4.78, 5) is 11.8. The average molecular weight is 395 g/mol. The first kappa shape index (κ1) is 18.1. The second-order valence-corrected chi connectivity index (χ2v) is 8.66. The third-order valence-corrected chi connectivity index (χ3v) is 5.01. The van der Waals surface area contributed by atoms with Crippen molar-refractivity contribution < 1.29 is 25.8 Å². The minimum atomic E-state index is -4.50. The molecule has 1 heterocycles. The van der Waals surface area contributed by atoms with E-state index >= 15 is 0 Å². The molecule has 2 aromatic carbocycles. The fraction of sp³-hybridized carbons (Fsp3) is 0.0625. The molecule has 0 amide bonds. The molecule has 0 spiro atoms. The maximum atomic E-state index is 12.1. The molecule has 26 heavy (non-hydrogen) atoms. The normalized spacial score (nSPS) is 12.2. The summed E-state index contributed by atoms with van der Waals surface area (Å²) in [6.45, 7) is 0. The van der Waals surface area contributed by atoms with Gasteiger partial charge in [-0.15, -0.1) is 0 Å². The van der Waals surface area contributed by atoms with Crippen molar-refractivity contribution in [2.24, 2.45) is 0 Å². The van der Waals surface area contributed by atoms with E-state index in [1.165, 1.54) is 30.3 Å². The van der Waals surface area contributed by atoms with Crippen molar-refractivity contribution in [3.8, 4) is 11.1 Å². The predicted molar refractivity (Wildman–Crippen MR) is 96.2 cm³/mol. The Morgan fingerprint density at radius 2 is 1.62 bits per heavy atom. The number of fused-ring (bicyclic) bond motifs is 1. The molecule has 3 aromatic rings. The molecule has 8 nitrogen and oxygen atoms in total. The lowest BCUT2D eigenvalue weighted by Gasteiger charge is -2.10. The number of rotatable bonds is 4. The predicted octanol–water partition coefficient (Wildman–Crippen LogP) is 2.08. The van der Waals surface area contributed by atoms with Crippen molar-refractivity contribution >= 4 is 36.8 Å². The molecule has 3 rings (SSSR count). The van der Waals surface area contributed by atoms with Gasteiger partial charge < -0.3 is 4.42 Å². The molecule has 0 aliphatic carbocycles. The molecule has 0 unspecified atom stereocenters. The number of anilines is 1. The third kappa shape index (κ3) is 3.62. The van der Waals surface area contributed by atoms with E-state index in [-0.39, 0.29) is 27.3 Å². The summed E-state index contributed by atoms with van der Waals surface area (Å²) in [5, 5.41) is 0.374. The molecular formula is C16H13NO7S2. The van der Waals surface area contributed by atoms with Crippen LogP contribution in [0.1, 0.15) is 0 Å². The van der Waals surface area contributed by atoms with Crippen LogP contribution in [-0.2, 0) is 20.1 Å². The fourth-order valence-corrected chi connectivity index (χ4v) is 3.79. The Morgan fingerprint density at radius 3 is 2.27 bits per heavy atom. The highest BCUT2D eigenvalue weighted by Crippen LogP contribution is 2.33. The van der Waals surface area contributed by atoms with Gasteiger partial charge in [0.05, 0.1) is 6.26 Å². The molecule has 0 atom stereocenters. The lowest BCUT2D eigenvalue weighted by atomic mass is 10.0. The zero-order valence-corrected chi connectivity index (χ0v) is 15.0. The van der Waals surface area contributed by atoms with Gasteiger partial charge in [0.1, 0.15) is 16.2 Å². The molecule has 0 saturated heterocycles. The zero-order valence-electron chi connectivity index (χ0n) is 13.3. The van der Waals surface area contributed by atoms with Crippen LogP contribution in [0.2, 0.25) is 0 Å². The first-order valence-electron chi connectivity index (χ1n) is 7.18. The van der Waals surface area contributed by atoms with Crippen molar-refractivity contribution in [3.63, 3.8) is 0 Å². The maximum Gasteiger partial charge on any atom is 0.360 e. The van der Waals surface area contributed by atoms with Crippen molar-refractivity contribution in [2.45, 2.75) is 4.90 Å². The van der Waals surface area contributed by atoms with Crippen LogP contribution in [0.5, 0.6) is 0 Å². The number of nitrogens with one attached hydrogen (secondary N) is 1. The fourth-order valence-electron chi connectivity index (χ4n) is 2.54. The summed E-state index contributed by atoms with van der Waals surface area (Å²) < 4.78 is 62.7. The van der Waals surface area contributed by atoms with Crippen LogP contribution in [0.4, 0.5) is 5.69 Å². The van der Waals surface area contributed by atoms with E-state index < -0.39 is 25.8 Å². The number of para-hydroxylation sites is 1. The van der Waals surface area contributed by atoms with E-state index in [4.69, 9.17) is 4.42 Å². The van der Waals surface area contributed by atoms with Gasteiger partial charge >= 0.3 is 5.63 Å². The van der Waals surface area contributed by atoms with Crippen molar-refractivity contribution in [1.29, 1.82) is 0 Å². The first-order chi connectivity index (χ1) is 12.1. The van der Waals surface area contributed by atoms with Crippen LogP contribution in [0, 0.1) is 0 Å². The molecule has 0 saturated carbocycles. The van der Waals surface area contributed by atoms with Crippen LogP contribution in [0.3, 0.4) is 0 Å². The van der Waals surface area contributed by atoms with Crippen molar-refractivity contribution in [2.75, 3.05) is 11.0 Å². The number of hydrogen-bond acceptors (Lipinski definition) is 6. The minimum absolute atomic E-state index is 0.0626. The van der Waals surface area contributed by atoms with E-state index in [0.29, 0.717) is 5.39 Å². The van der Waals surface area contributed by atoms with Crippen LogP contribution in [-0.4, -0.2) is 27.6 Å². The van der Waals surface area contributed by atoms with Gasteiger partial charge in [-0.05, 0) is 12.1 Å². The van der Waals surface area contributed by atoms with Crippen LogP contribution in [0.25, 0.3) is 22.1 Å². The Labute approximate surface area is 148 Å². The van der Waals surface area contributed by atoms with E-state index in [2.05, 4.69) is 4.72 Å². The molecule has 0 radical (unpaired) electrons. The molecule has 10 heteroatoms. The summed E-state index contributed by atoms with van der Waals surface area (Å²) in [7, 11) is -8.18. The second-order valence-electron chi connectivity index (χ2n) is 5.52. The van der Waals surface area contributed by atoms with Crippen LogP contribution >= 0.6 is 0 Å².